The third kappa shape index (κ3) is 5.92. The van der Waals surface area contributed by atoms with Gasteiger partial charge in [0.25, 0.3) is 0 Å². The molecule has 0 fully saturated rings. The average Bonchev–Trinajstić information content (AvgIpc) is 3.20. The Hall–Kier alpha value is -2.89. The third-order valence-electron chi connectivity index (χ3n) is 5.89. The molecule has 33 heavy (non-hydrogen) atoms. The van der Waals surface area contributed by atoms with Crippen LogP contribution in [0.25, 0.3) is 16.7 Å². The first-order chi connectivity index (χ1) is 15.8. The highest BCUT2D eigenvalue weighted by atomic mass is 16.5. The van der Waals surface area contributed by atoms with E-state index in [4.69, 9.17) is 4.74 Å². The molecule has 0 atom stereocenters. The summed E-state index contributed by atoms with van der Waals surface area (Å²) in [5, 5.41) is 20.5. The number of rotatable bonds is 10. The molecule has 0 aliphatic heterocycles. The minimum atomic E-state index is -0.364. The van der Waals surface area contributed by atoms with Crippen molar-refractivity contribution < 1.29 is 14.6 Å². The topological polar surface area (TPSA) is 77.2 Å². The molecule has 0 aliphatic rings. The second kappa shape index (κ2) is 10.8. The highest BCUT2D eigenvalue weighted by molar-refractivity contribution is 5.76. The molecular weight excluding hydrogens is 414 g/mol. The molecule has 178 valence electrons. The molecule has 0 aliphatic carbocycles. The molecule has 3 rings (SSSR count). The van der Waals surface area contributed by atoms with Gasteiger partial charge in [0.2, 0.25) is 0 Å². The van der Waals surface area contributed by atoms with Gasteiger partial charge in [-0.3, -0.25) is 4.79 Å². The number of fused-ring (bicyclic) bond motifs is 1. The molecule has 3 aromatic rings. The van der Waals surface area contributed by atoms with Crippen LogP contribution >= 0.6 is 0 Å². The molecule has 0 spiro atoms. The molecule has 1 aromatic heterocycles. The van der Waals surface area contributed by atoms with Crippen LogP contribution in [0.4, 0.5) is 0 Å². The van der Waals surface area contributed by atoms with E-state index in [1.165, 1.54) is 30.5 Å². The Kier molecular flexibility index (Phi) is 8.11. The van der Waals surface area contributed by atoms with E-state index in [1.807, 2.05) is 24.3 Å². The first-order valence-corrected chi connectivity index (χ1v) is 12.2. The average molecular weight is 452 g/mol. The molecule has 1 N–H and O–H groups in total. The van der Waals surface area contributed by atoms with Crippen molar-refractivity contribution in [3.05, 3.63) is 41.5 Å². The van der Waals surface area contributed by atoms with Crippen molar-refractivity contribution in [2.75, 3.05) is 0 Å². The number of carbonyl (C=O) groups is 1. The molecule has 0 bridgehead atoms. The van der Waals surface area contributed by atoms with E-state index < -0.39 is 0 Å². The van der Waals surface area contributed by atoms with Crippen LogP contribution in [-0.2, 0) is 16.6 Å². The minimum Gasteiger partial charge on any atom is -0.505 e. The standard InChI is InChI=1S/C27H37N3O3/c1-6-8-9-10-11-12-15-19-23(33-24(31)7-2)18-22(26(32)25(19)27(3,4)5)30-28-20-16-13-14-17-21(20)29-30/h13-14,16-18,32H,6-12,15H2,1-5H3. The molecule has 2 aromatic carbocycles. The first-order valence-electron chi connectivity index (χ1n) is 12.2. The van der Waals surface area contributed by atoms with E-state index in [2.05, 4.69) is 37.9 Å². The number of unbranched alkanes of at least 4 members (excludes halogenated alkanes) is 5. The minimum absolute atomic E-state index is 0.139. The molecule has 0 radical (unpaired) electrons. The van der Waals surface area contributed by atoms with Crippen LogP contribution in [0.1, 0.15) is 90.7 Å². The first kappa shape index (κ1) is 24.7. The van der Waals surface area contributed by atoms with Gasteiger partial charge in [0.15, 0.2) is 0 Å². The van der Waals surface area contributed by atoms with Crippen LogP contribution in [0.15, 0.2) is 30.3 Å². The zero-order valence-electron chi connectivity index (χ0n) is 20.6. The third-order valence-corrected chi connectivity index (χ3v) is 5.89. The summed E-state index contributed by atoms with van der Waals surface area (Å²) in [7, 11) is 0. The molecule has 6 nitrogen and oxygen atoms in total. The zero-order chi connectivity index (χ0) is 24.0. The van der Waals surface area contributed by atoms with Gasteiger partial charge in [0.05, 0.1) is 0 Å². The van der Waals surface area contributed by atoms with Crippen LogP contribution in [0.2, 0.25) is 0 Å². The maximum absolute atomic E-state index is 12.3. The van der Waals surface area contributed by atoms with Gasteiger partial charge in [0.1, 0.15) is 28.2 Å². The number of ether oxygens (including phenoxy) is 1. The maximum Gasteiger partial charge on any atom is 0.310 e. The Morgan fingerprint density at radius 3 is 2.18 bits per heavy atom. The van der Waals surface area contributed by atoms with E-state index in [1.54, 1.807) is 13.0 Å². The summed E-state index contributed by atoms with van der Waals surface area (Å²) in [6, 6.07) is 9.28. The number of hydrogen-bond donors (Lipinski definition) is 1. The maximum atomic E-state index is 12.3. The molecule has 1 heterocycles. The smallest absolute Gasteiger partial charge is 0.310 e. The Morgan fingerprint density at radius 1 is 1.00 bits per heavy atom. The normalized spacial score (nSPS) is 11.8. The lowest BCUT2D eigenvalue weighted by Crippen LogP contribution is -2.19. The Morgan fingerprint density at radius 2 is 1.61 bits per heavy atom. The zero-order valence-corrected chi connectivity index (χ0v) is 20.6. The number of phenolic OH excluding ortho intramolecular Hbond substituents is 1. The van der Waals surface area contributed by atoms with Gasteiger partial charge in [-0.25, -0.2) is 0 Å². The van der Waals surface area contributed by atoms with E-state index >= 15 is 0 Å². The summed E-state index contributed by atoms with van der Waals surface area (Å²) in [5.74, 6) is 0.337. The molecule has 0 unspecified atom stereocenters. The lowest BCUT2D eigenvalue weighted by molar-refractivity contribution is -0.134. The number of hydrogen-bond acceptors (Lipinski definition) is 5. The predicted molar refractivity (Wildman–Crippen MR) is 132 cm³/mol. The summed E-state index contributed by atoms with van der Waals surface area (Å²) in [5.41, 5.74) is 3.21. The molecular formula is C27H37N3O3. The molecule has 0 amide bonds. The Balaban J connectivity index is 2.08. The van der Waals surface area contributed by atoms with Gasteiger partial charge >= 0.3 is 5.97 Å². The van der Waals surface area contributed by atoms with Crippen LogP contribution in [0.3, 0.4) is 0 Å². The lowest BCUT2D eigenvalue weighted by atomic mass is 9.80. The van der Waals surface area contributed by atoms with Gasteiger partial charge in [-0.15, -0.1) is 15.0 Å². The summed E-state index contributed by atoms with van der Waals surface area (Å²) in [6.07, 6.45) is 8.02. The summed E-state index contributed by atoms with van der Waals surface area (Å²) < 4.78 is 5.80. The van der Waals surface area contributed by atoms with Crippen LogP contribution < -0.4 is 4.74 Å². The highest BCUT2D eigenvalue weighted by Gasteiger charge is 2.29. The Bertz CT molecular complexity index is 1060. The monoisotopic (exact) mass is 451 g/mol. The second-order valence-electron chi connectivity index (χ2n) is 9.67. The summed E-state index contributed by atoms with van der Waals surface area (Å²) >= 11 is 0. The lowest BCUT2D eigenvalue weighted by Gasteiger charge is -2.27. The fourth-order valence-electron chi connectivity index (χ4n) is 4.22. The fraction of sp³-hybridized carbons (Fsp3) is 0.519. The number of aromatic nitrogens is 3. The number of carbonyl (C=O) groups excluding carboxylic acids is 1. The number of nitrogens with zero attached hydrogens (tertiary/aromatic N) is 3. The predicted octanol–water partition coefficient (Wildman–Crippen LogP) is 6.64. The fourth-order valence-corrected chi connectivity index (χ4v) is 4.22. The van der Waals surface area contributed by atoms with E-state index in [0.29, 0.717) is 11.4 Å². The van der Waals surface area contributed by atoms with Gasteiger partial charge < -0.3 is 9.84 Å². The van der Waals surface area contributed by atoms with Crippen molar-refractivity contribution in [1.29, 1.82) is 0 Å². The van der Waals surface area contributed by atoms with Gasteiger partial charge in [-0.05, 0) is 30.4 Å². The van der Waals surface area contributed by atoms with Crippen molar-refractivity contribution in [1.82, 2.24) is 15.0 Å². The van der Waals surface area contributed by atoms with Crippen LogP contribution in [0.5, 0.6) is 11.5 Å². The van der Waals surface area contributed by atoms with Crippen LogP contribution in [0, 0.1) is 0 Å². The summed E-state index contributed by atoms with van der Waals surface area (Å²) in [6.45, 7) is 10.2. The Labute approximate surface area is 197 Å². The van der Waals surface area contributed by atoms with Crippen molar-refractivity contribution >= 4 is 17.0 Å². The largest absolute Gasteiger partial charge is 0.505 e. The SMILES string of the molecule is CCCCCCCCc1c(OC(=O)CC)cc(-n2nc3ccccc3n2)c(O)c1C(C)(C)C. The van der Waals surface area contributed by atoms with Crippen molar-refractivity contribution in [3.63, 3.8) is 0 Å². The molecule has 0 saturated heterocycles. The second-order valence-corrected chi connectivity index (χ2v) is 9.67. The van der Waals surface area contributed by atoms with Crippen molar-refractivity contribution in [2.24, 2.45) is 0 Å². The molecule has 6 heteroatoms. The number of benzene rings is 2. The quantitative estimate of drug-likeness (QED) is 0.212. The van der Waals surface area contributed by atoms with E-state index in [-0.39, 0.29) is 23.6 Å². The highest BCUT2D eigenvalue weighted by Crippen LogP contribution is 2.43. The molecule has 0 saturated carbocycles. The number of aromatic hydroxyl groups is 1. The van der Waals surface area contributed by atoms with Crippen LogP contribution in [-0.4, -0.2) is 26.1 Å². The van der Waals surface area contributed by atoms with Gasteiger partial charge in [-0.2, -0.15) is 0 Å². The van der Waals surface area contributed by atoms with E-state index in [0.717, 1.165) is 41.4 Å². The number of esters is 1. The van der Waals surface area contributed by atoms with Gasteiger partial charge in [0, 0.05) is 23.6 Å². The van der Waals surface area contributed by atoms with Crippen molar-refractivity contribution in [2.45, 2.75) is 91.4 Å². The van der Waals surface area contributed by atoms with E-state index in [9.17, 15) is 9.90 Å². The van der Waals surface area contributed by atoms with Crippen molar-refractivity contribution in [3.8, 4) is 17.2 Å². The number of phenols is 1. The van der Waals surface area contributed by atoms with Gasteiger partial charge in [-0.1, -0.05) is 78.9 Å². The summed E-state index contributed by atoms with van der Waals surface area (Å²) in [4.78, 5) is 13.7.